The zero-order valence-electron chi connectivity index (χ0n) is 12.9. The smallest absolute Gasteiger partial charge is 0.246 e. The monoisotopic (exact) mass is 357 g/mol. The summed E-state index contributed by atoms with van der Waals surface area (Å²) in [5.41, 5.74) is 0.382. The summed E-state index contributed by atoms with van der Waals surface area (Å²) in [6.45, 7) is 0.976. The fraction of sp³-hybridized carbons (Fsp3) is 0.533. The summed E-state index contributed by atoms with van der Waals surface area (Å²) in [5, 5.41) is 12.4. The highest BCUT2D eigenvalue weighted by Crippen LogP contribution is 2.30. The molecule has 1 N–H and O–H groups in total. The highest BCUT2D eigenvalue weighted by atomic mass is 35.5. The first kappa shape index (κ1) is 18.0. The van der Waals surface area contributed by atoms with Crippen molar-refractivity contribution in [2.45, 2.75) is 36.2 Å². The molecule has 126 valence electrons. The first-order chi connectivity index (χ1) is 10.5. The molecule has 2 heterocycles. The first-order valence-corrected chi connectivity index (χ1v) is 8.83. The second-order valence-electron chi connectivity index (χ2n) is 5.79. The van der Waals surface area contributed by atoms with Gasteiger partial charge in [0.15, 0.2) is 0 Å². The molecule has 0 amide bonds. The number of hydrogen-bond donors (Lipinski definition) is 1. The lowest BCUT2D eigenvalue weighted by atomic mass is 9.96. The summed E-state index contributed by atoms with van der Waals surface area (Å²) in [7, 11) is -2.19. The predicted molar refractivity (Wildman–Crippen MR) is 88.3 cm³/mol. The largest absolute Gasteiger partial charge is 0.495 e. The predicted octanol–water partition coefficient (Wildman–Crippen LogP) is 1.50. The van der Waals surface area contributed by atoms with E-state index in [0.29, 0.717) is 18.7 Å². The maximum absolute atomic E-state index is 12.9. The fourth-order valence-corrected chi connectivity index (χ4v) is 4.92. The Balaban J connectivity index is 0.00000192. The number of benzene rings is 1. The topological polar surface area (TPSA) is 82.4 Å². The summed E-state index contributed by atoms with van der Waals surface area (Å²) in [6, 6.07) is 6.89. The molecular formula is C15H20ClN3O3S. The van der Waals surface area contributed by atoms with Crippen LogP contribution in [0.2, 0.25) is 0 Å². The van der Waals surface area contributed by atoms with E-state index in [1.807, 2.05) is 6.07 Å². The third kappa shape index (κ3) is 3.45. The first-order valence-electron chi connectivity index (χ1n) is 7.39. The molecule has 1 aromatic carbocycles. The average molecular weight is 358 g/mol. The summed E-state index contributed by atoms with van der Waals surface area (Å²) >= 11 is 0. The second kappa shape index (κ2) is 7.05. The molecule has 0 spiro atoms. The number of nitriles is 1. The zero-order valence-corrected chi connectivity index (χ0v) is 14.5. The lowest BCUT2D eigenvalue weighted by Gasteiger charge is -2.41. The number of hydrogen-bond acceptors (Lipinski definition) is 5. The number of piperazine rings is 1. The van der Waals surface area contributed by atoms with Crippen molar-refractivity contribution in [1.29, 1.82) is 5.26 Å². The van der Waals surface area contributed by atoms with Crippen LogP contribution in [0.25, 0.3) is 0 Å². The minimum atomic E-state index is -3.61. The molecule has 2 aliphatic rings. The average Bonchev–Trinajstić information content (AvgIpc) is 2.53. The minimum absolute atomic E-state index is 0. The highest BCUT2D eigenvalue weighted by molar-refractivity contribution is 7.89. The van der Waals surface area contributed by atoms with Gasteiger partial charge in [0.2, 0.25) is 10.0 Å². The summed E-state index contributed by atoms with van der Waals surface area (Å²) < 4.78 is 32.6. The summed E-state index contributed by atoms with van der Waals surface area (Å²) in [6.07, 6.45) is 3.16. The van der Waals surface area contributed by atoms with Crippen molar-refractivity contribution in [2.24, 2.45) is 0 Å². The van der Waals surface area contributed by atoms with Gasteiger partial charge in [-0.05, 0) is 31.0 Å². The molecule has 0 aromatic heterocycles. The van der Waals surface area contributed by atoms with E-state index in [2.05, 4.69) is 5.32 Å². The van der Waals surface area contributed by atoms with Gasteiger partial charge in [0.1, 0.15) is 10.6 Å². The Bertz CT molecular complexity index is 705. The van der Waals surface area contributed by atoms with Gasteiger partial charge in [-0.2, -0.15) is 9.57 Å². The number of nitrogens with zero attached hydrogens (tertiary/aromatic N) is 2. The van der Waals surface area contributed by atoms with E-state index < -0.39 is 10.0 Å². The van der Waals surface area contributed by atoms with E-state index in [1.54, 1.807) is 4.31 Å². The number of sulfonamides is 1. The van der Waals surface area contributed by atoms with E-state index in [9.17, 15) is 8.42 Å². The van der Waals surface area contributed by atoms with Gasteiger partial charge in [-0.1, -0.05) is 6.42 Å². The van der Waals surface area contributed by atoms with Gasteiger partial charge < -0.3 is 10.1 Å². The van der Waals surface area contributed by atoms with Gasteiger partial charge in [-0.25, -0.2) is 8.42 Å². The van der Waals surface area contributed by atoms with Crippen molar-refractivity contribution >= 4 is 22.4 Å². The number of nitrogens with one attached hydrogen (secondary N) is 1. The van der Waals surface area contributed by atoms with Crippen LogP contribution in [0.15, 0.2) is 23.1 Å². The molecule has 2 saturated heterocycles. The van der Waals surface area contributed by atoms with Crippen LogP contribution in [0, 0.1) is 11.3 Å². The molecule has 2 unspecified atom stereocenters. The Morgan fingerprint density at radius 1 is 1.30 bits per heavy atom. The van der Waals surface area contributed by atoms with Crippen molar-refractivity contribution < 1.29 is 13.2 Å². The Morgan fingerprint density at radius 3 is 2.52 bits per heavy atom. The number of rotatable bonds is 3. The fourth-order valence-electron chi connectivity index (χ4n) is 3.25. The van der Waals surface area contributed by atoms with Crippen LogP contribution in [0.1, 0.15) is 24.8 Å². The molecule has 3 rings (SSSR count). The van der Waals surface area contributed by atoms with E-state index in [-0.39, 0.29) is 35.1 Å². The van der Waals surface area contributed by atoms with Gasteiger partial charge in [0.25, 0.3) is 0 Å². The molecule has 0 radical (unpaired) electrons. The Kier molecular flexibility index (Phi) is 5.53. The van der Waals surface area contributed by atoms with Crippen molar-refractivity contribution in [2.75, 3.05) is 20.2 Å². The third-order valence-electron chi connectivity index (χ3n) is 4.34. The molecule has 1 aromatic rings. The van der Waals surface area contributed by atoms with Crippen molar-refractivity contribution in [3.63, 3.8) is 0 Å². The molecule has 0 aliphatic carbocycles. The van der Waals surface area contributed by atoms with Gasteiger partial charge in [0.05, 0.1) is 18.7 Å². The Hall–Kier alpha value is -1.33. The van der Waals surface area contributed by atoms with E-state index in [4.69, 9.17) is 10.00 Å². The van der Waals surface area contributed by atoms with Gasteiger partial charge in [-0.15, -0.1) is 12.4 Å². The van der Waals surface area contributed by atoms with Gasteiger partial charge in [0, 0.05) is 25.2 Å². The van der Waals surface area contributed by atoms with Crippen LogP contribution in [0.4, 0.5) is 0 Å². The maximum atomic E-state index is 12.9. The molecular weight excluding hydrogens is 338 g/mol. The summed E-state index contributed by atoms with van der Waals surface area (Å²) in [4.78, 5) is 0.133. The molecule has 2 bridgehead atoms. The Morgan fingerprint density at radius 2 is 1.96 bits per heavy atom. The number of fused-ring (bicyclic) bond motifs is 2. The molecule has 2 atom stereocenters. The van der Waals surface area contributed by atoms with Crippen LogP contribution in [0.5, 0.6) is 5.75 Å². The van der Waals surface area contributed by atoms with Crippen LogP contribution in [-0.4, -0.2) is 45.0 Å². The summed E-state index contributed by atoms with van der Waals surface area (Å²) in [5.74, 6) is 0.225. The quantitative estimate of drug-likeness (QED) is 0.886. The van der Waals surface area contributed by atoms with Crippen LogP contribution in [0.3, 0.4) is 0 Å². The highest BCUT2D eigenvalue weighted by Gasteiger charge is 2.37. The number of ether oxygens (including phenoxy) is 1. The van der Waals surface area contributed by atoms with Crippen molar-refractivity contribution in [3.05, 3.63) is 23.8 Å². The SMILES string of the molecule is COc1cc(C#N)ccc1S(=O)(=O)N1CC2CCCC(C1)N2.Cl. The standard InChI is InChI=1S/C15H19N3O3S.ClH/c1-21-14-7-11(8-16)5-6-15(14)22(19,20)18-9-12-3-2-4-13(10-18)17-12;/h5-7,12-13,17H,2-4,9-10H2,1H3;1H. The molecule has 6 nitrogen and oxygen atoms in total. The number of piperidine rings is 1. The van der Waals surface area contributed by atoms with Crippen molar-refractivity contribution in [1.82, 2.24) is 9.62 Å². The van der Waals surface area contributed by atoms with Gasteiger partial charge >= 0.3 is 0 Å². The maximum Gasteiger partial charge on any atom is 0.246 e. The molecule has 0 saturated carbocycles. The lowest BCUT2D eigenvalue weighted by molar-refractivity contribution is 0.190. The van der Waals surface area contributed by atoms with E-state index in [1.165, 1.54) is 25.3 Å². The van der Waals surface area contributed by atoms with E-state index in [0.717, 1.165) is 19.3 Å². The van der Waals surface area contributed by atoms with Crippen molar-refractivity contribution in [3.8, 4) is 11.8 Å². The molecule has 8 heteroatoms. The normalized spacial score (nSPS) is 24.3. The number of halogens is 1. The minimum Gasteiger partial charge on any atom is -0.495 e. The molecule has 2 fully saturated rings. The third-order valence-corrected chi connectivity index (χ3v) is 6.21. The number of methoxy groups -OCH3 is 1. The lowest BCUT2D eigenvalue weighted by Crippen LogP contribution is -2.59. The van der Waals surface area contributed by atoms with Gasteiger partial charge in [-0.3, -0.25) is 0 Å². The molecule has 23 heavy (non-hydrogen) atoms. The Labute approximate surface area is 142 Å². The van der Waals surface area contributed by atoms with Crippen LogP contribution >= 0.6 is 12.4 Å². The zero-order chi connectivity index (χ0) is 15.7. The van der Waals surface area contributed by atoms with Crippen LogP contribution in [-0.2, 0) is 10.0 Å². The van der Waals surface area contributed by atoms with E-state index >= 15 is 0 Å². The van der Waals surface area contributed by atoms with Crippen LogP contribution < -0.4 is 10.1 Å². The second-order valence-corrected chi connectivity index (χ2v) is 7.70. The molecule has 2 aliphatic heterocycles.